The van der Waals surface area contributed by atoms with Gasteiger partial charge in [0, 0.05) is 26.2 Å². The molecule has 1 aromatic rings. The predicted octanol–water partition coefficient (Wildman–Crippen LogP) is 2.65. The molecule has 0 aliphatic rings. The van der Waals surface area contributed by atoms with Gasteiger partial charge in [-0.05, 0) is 39.8 Å². The molecule has 1 aromatic heterocycles. The number of anilines is 2. The predicted molar refractivity (Wildman–Crippen MR) is 76.1 cm³/mol. The van der Waals surface area contributed by atoms with Gasteiger partial charge in [0.15, 0.2) is 0 Å². The maximum atomic E-state index is 9.17. The zero-order valence-electron chi connectivity index (χ0n) is 11.8. The molecule has 0 N–H and O–H groups in total. The highest BCUT2D eigenvalue weighted by Crippen LogP contribution is 2.22. The molecule has 0 atom stereocenters. The van der Waals surface area contributed by atoms with Crippen LogP contribution in [-0.4, -0.2) is 31.2 Å². The van der Waals surface area contributed by atoms with Gasteiger partial charge in [0.05, 0.1) is 5.56 Å². The summed E-state index contributed by atoms with van der Waals surface area (Å²) in [5.41, 5.74) is 0.648. The number of pyridine rings is 1. The largest absolute Gasteiger partial charge is 0.357 e. The Labute approximate surface area is 110 Å². The summed E-state index contributed by atoms with van der Waals surface area (Å²) in [4.78, 5) is 8.96. The summed E-state index contributed by atoms with van der Waals surface area (Å²) < 4.78 is 0. The van der Waals surface area contributed by atoms with Crippen molar-refractivity contribution in [2.45, 2.75) is 27.7 Å². The zero-order chi connectivity index (χ0) is 13.5. The quantitative estimate of drug-likeness (QED) is 0.774. The SMILES string of the molecule is CCN(CC)c1ccc(C#N)c(N(CC)CC)n1. The van der Waals surface area contributed by atoms with Crippen LogP contribution in [-0.2, 0) is 0 Å². The molecule has 1 rings (SSSR count). The summed E-state index contributed by atoms with van der Waals surface area (Å²) >= 11 is 0. The highest BCUT2D eigenvalue weighted by atomic mass is 15.2. The van der Waals surface area contributed by atoms with Gasteiger partial charge in [-0.3, -0.25) is 0 Å². The lowest BCUT2D eigenvalue weighted by Gasteiger charge is -2.25. The van der Waals surface area contributed by atoms with Gasteiger partial charge >= 0.3 is 0 Å². The number of aromatic nitrogens is 1. The lowest BCUT2D eigenvalue weighted by molar-refractivity contribution is 0.817. The van der Waals surface area contributed by atoms with Crippen LogP contribution in [0.2, 0.25) is 0 Å². The van der Waals surface area contributed by atoms with Crippen LogP contribution in [0.25, 0.3) is 0 Å². The Kier molecular flexibility index (Phi) is 5.44. The van der Waals surface area contributed by atoms with Crippen LogP contribution in [0.5, 0.6) is 0 Å². The van der Waals surface area contributed by atoms with Crippen molar-refractivity contribution in [3.63, 3.8) is 0 Å². The standard InChI is InChI=1S/C14H22N4/c1-5-17(6-2)13-10-9-12(11-15)14(16-13)18(7-3)8-4/h9-10H,5-8H2,1-4H3. The van der Waals surface area contributed by atoms with Crippen molar-refractivity contribution in [1.29, 1.82) is 5.26 Å². The molecule has 4 nitrogen and oxygen atoms in total. The van der Waals surface area contributed by atoms with Crippen molar-refractivity contribution >= 4 is 11.6 Å². The Balaban J connectivity index is 3.21. The van der Waals surface area contributed by atoms with E-state index >= 15 is 0 Å². The molecule has 4 heteroatoms. The summed E-state index contributed by atoms with van der Waals surface area (Å²) in [5, 5.41) is 9.17. The minimum absolute atomic E-state index is 0.648. The fourth-order valence-corrected chi connectivity index (χ4v) is 2.01. The third-order valence-electron chi connectivity index (χ3n) is 3.13. The first-order valence-corrected chi connectivity index (χ1v) is 6.62. The molecule has 0 aliphatic heterocycles. The van der Waals surface area contributed by atoms with Crippen LogP contribution in [0.1, 0.15) is 33.3 Å². The first-order chi connectivity index (χ1) is 8.71. The second-order valence-corrected chi connectivity index (χ2v) is 4.00. The monoisotopic (exact) mass is 246 g/mol. The van der Waals surface area contributed by atoms with E-state index in [1.807, 2.05) is 12.1 Å². The van der Waals surface area contributed by atoms with E-state index in [1.54, 1.807) is 0 Å². The Bertz CT molecular complexity index is 414. The summed E-state index contributed by atoms with van der Waals surface area (Å²) in [6.07, 6.45) is 0. The second kappa shape index (κ2) is 6.85. The number of rotatable bonds is 6. The van der Waals surface area contributed by atoms with Crippen molar-refractivity contribution in [2.75, 3.05) is 36.0 Å². The number of hydrogen-bond acceptors (Lipinski definition) is 4. The third kappa shape index (κ3) is 2.92. The molecule has 0 amide bonds. The second-order valence-electron chi connectivity index (χ2n) is 4.00. The molecular formula is C14H22N4. The van der Waals surface area contributed by atoms with Crippen molar-refractivity contribution in [3.8, 4) is 6.07 Å². The normalized spacial score (nSPS) is 9.94. The fraction of sp³-hybridized carbons (Fsp3) is 0.571. The van der Waals surface area contributed by atoms with Crippen molar-refractivity contribution < 1.29 is 0 Å². The first-order valence-electron chi connectivity index (χ1n) is 6.62. The van der Waals surface area contributed by atoms with Gasteiger partial charge in [0.2, 0.25) is 0 Å². The lowest BCUT2D eigenvalue weighted by atomic mass is 10.2. The molecule has 0 aliphatic carbocycles. The third-order valence-corrected chi connectivity index (χ3v) is 3.13. The summed E-state index contributed by atoms with van der Waals surface area (Å²) in [5.74, 6) is 1.74. The molecule has 0 aromatic carbocycles. The van der Waals surface area contributed by atoms with Gasteiger partial charge in [-0.2, -0.15) is 5.26 Å². The molecule has 0 fully saturated rings. The minimum Gasteiger partial charge on any atom is -0.357 e. The molecule has 98 valence electrons. The number of nitrogens with zero attached hydrogens (tertiary/aromatic N) is 4. The fourth-order valence-electron chi connectivity index (χ4n) is 2.01. The van der Waals surface area contributed by atoms with Gasteiger partial charge in [0.1, 0.15) is 17.7 Å². The molecular weight excluding hydrogens is 224 g/mol. The average molecular weight is 246 g/mol. The molecule has 18 heavy (non-hydrogen) atoms. The smallest absolute Gasteiger partial charge is 0.148 e. The molecule has 0 bridgehead atoms. The van der Waals surface area contributed by atoms with E-state index in [-0.39, 0.29) is 0 Å². The maximum absolute atomic E-state index is 9.17. The van der Waals surface area contributed by atoms with Crippen molar-refractivity contribution in [2.24, 2.45) is 0 Å². The first kappa shape index (κ1) is 14.3. The molecule has 0 unspecified atom stereocenters. The molecule has 0 saturated carbocycles. The van der Waals surface area contributed by atoms with Crippen LogP contribution in [0.15, 0.2) is 12.1 Å². The summed E-state index contributed by atoms with van der Waals surface area (Å²) in [7, 11) is 0. The van der Waals surface area contributed by atoms with E-state index in [2.05, 4.69) is 48.5 Å². The Hall–Kier alpha value is -1.76. The minimum atomic E-state index is 0.648. The highest BCUT2D eigenvalue weighted by molar-refractivity contribution is 5.58. The average Bonchev–Trinajstić information content (AvgIpc) is 2.42. The van der Waals surface area contributed by atoms with Gasteiger partial charge < -0.3 is 9.80 Å². The highest BCUT2D eigenvalue weighted by Gasteiger charge is 2.13. The number of hydrogen-bond donors (Lipinski definition) is 0. The van der Waals surface area contributed by atoms with E-state index in [1.165, 1.54) is 0 Å². The molecule has 0 radical (unpaired) electrons. The molecule has 0 saturated heterocycles. The van der Waals surface area contributed by atoms with Crippen molar-refractivity contribution in [3.05, 3.63) is 17.7 Å². The van der Waals surface area contributed by atoms with Gasteiger partial charge in [-0.1, -0.05) is 0 Å². The van der Waals surface area contributed by atoms with E-state index in [9.17, 15) is 5.26 Å². The van der Waals surface area contributed by atoms with Gasteiger partial charge in [-0.25, -0.2) is 4.98 Å². The maximum Gasteiger partial charge on any atom is 0.148 e. The van der Waals surface area contributed by atoms with Crippen LogP contribution in [0, 0.1) is 11.3 Å². The Morgan fingerprint density at radius 2 is 1.56 bits per heavy atom. The Morgan fingerprint density at radius 3 is 2.00 bits per heavy atom. The Morgan fingerprint density at radius 1 is 1.00 bits per heavy atom. The zero-order valence-corrected chi connectivity index (χ0v) is 11.8. The van der Waals surface area contributed by atoms with Crippen LogP contribution < -0.4 is 9.80 Å². The van der Waals surface area contributed by atoms with E-state index in [0.717, 1.165) is 37.8 Å². The van der Waals surface area contributed by atoms with E-state index in [4.69, 9.17) is 0 Å². The van der Waals surface area contributed by atoms with Crippen LogP contribution >= 0.6 is 0 Å². The topological polar surface area (TPSA) is 43.2 Å². The van der Waals surface area contributed by atoms with Gasteiger partial charge in [0.25, 0.3) is 0 Å². The van der Waals surface area contributed by atoms with E-state index < -0.39 is 0 Å². The molecule has 0 spiro atoms. The number of nitriles is 1. The summed E-state index contributed by atoms with van der Waals surface area (Å²) in [6.45, 7) is 12.0. The molecule has 1 heterocycles. The summed E-state index contributed by atoms with van der Waals surface area (Å²) in [6, 6.07) is 6.02. The lowest BCUT2D eigenvalue weighted by Crippen LogP contribution is -2.27. The van der Waals surface area contributed by atoms with Crippen molar-refractivity contribution in [1.82, 2.24) is 4.98 Å². The van der Waals surface area contributed by atoms with Crippen LogP contribution in [0.4, 0.5) is 11.6 Å². The van der Waals surface area contributed by atoms with E-state index in [0.29, 0.717) is 5.56 Å². The van der Waals surface area contributed by atoms with Gasteiger partial charge in [-0.15, -0.1) is 0 Å². The van der Waals surface area contributed by atoms with Crippen LogP contribution in [0.3, 0.4) is 0 Å².